The smallest absolute Gasteiger partial charge is 0.347 e. The van der Waals surface area contributed by atoms with Gasteiger partial charge in [0.05, 0.1) is 10.7 Å². The molecule has 0 saturated carbocycles. The Morgan fingerprint density at radius 3 is 2.76 bits per heavy atom. The highest BCUT2D eigenvalue weighted by atomic mass is 35.5. The fraction of sp³-hybridized carbons (Fsp3) is 0.167. The van der Waals surface area contributed by atoms with Crippen molar-refractivity contribution in [2.45, 2.75) is 13.3 Å². The molecule has 88 valence electrons. The van der Waals surface area contributed by atoms with Crippen molar-refractivity contribution in [2.75, 3.05) is 0 Å². The van der Waals surface area contributed by atoms with Crippen LogP contribution in [-0.4, -0.2) is 16.1 Å². The van der Waals surface area contributed by atoms with Gasteiger partial charge in [-0.05, 0) is 18.6 Å². The zero-order chi connectivity index (χ0) is 12.4. The maximum absolute atomic E-state index is 10.9. The average molecular weight is 268 g/mol. The zero-order valence-electron chi connectivity index (χ0n) is 9.11. The van der Waals surface area contributed by atoms with E-state index in [0.29, 0.717) is 22.0 Å². The van der Waals surface area contributed by atoms with Gasteiger partial charge in [-0.3, -0.25) is 0 Å². The number of hydrogen-bond donors (Lipinski definition) is 1. The molecule has 1 N–H and O–H groups in total. The van der Waals surface area contributed by atoms with Crippen molar-refractivity contribution >= 4 is 28.9 Å². The Balaban J connectivity index is 2.28. The van der Waals surface area contributed by atoms with E-state index in [0.717, 1.165) is 10.6 Å². The number of aryl methyl sites for hydroxylation is 1. The lowest BCUT2D eigenvalue weighted by molar-refractivity contribution is 0.0701. The number of hydrogen-bond acceptors (Lipinski definition) is 3. The Kier molecular flexibility index (Phi) is 3.45. The maximum atomic E-state index is 10.9. The lowest BCUT2D eigenvalue weighted by Crippen LogP contribution is -1.94. The summed E-state index contributed by atoms with van der Waals surface area (Å²) < 4.78 is 0. The quantitative estimate of drug-likeness (QED) is 0.927. The lowest BCUT2D eigenvalue weighted by atomic mass is 10.2. The van der Waals surface area contributed by atoms with Gasteiger partial charge < -0.3 is 5.11 Å². The number of carboxylic acids is 1. The SMILES string of the molecule is Cc1nc(Cc2ccccc2Cl)sc1C(=O)O. The van der Waals surface area contributed by atoms with Gasteiger partial charge in [0.25, 0.3) is 0 Å². The van der Waals surface area contributed by atoms with Crippen LogP contribution in [0.5, 0.6) is 0 Å². The van der Waals surface area contributed by atoms with Gasteiger partial charge in [-0.1, -0.05) is 29.8 Å². The van der Waals surface area contributed by atoms with Crippen molar-refractivity contribution in [3.63, 3.8) is 0 Å². The first-order chi connectivity index (χ1) is 8.08. The summed E-state index contributed by atoms with van der Waals surface area (Å²) >= 11 is 7.25. The van der Waals surface area contributed by atoms with Crippen molar-refractivity contribution in [2.24, 2.45) is 0 Å². The van der Waals surface area contributed by atoms with Gasteiger partial charge >= 0.3 is 5.97 Å². The third kappa shape index (κ3) is 2.65. The average Bonchev–Trinajstić information content (AvgIpc) is 2.63. The Bertz CT molecular complexity index is 565. The molecule has 0 saturated heterocycles. The number of nitrogens with zero attached hydrogens (tertiary/aromatic N) is 1. The number of rotatable bonds is 3. The Labute approximate surface area is 108 Å². The van der Waals surface area contributed by atoms with Gasteiger partial charge in [-0.2, -0.15) is 0 Å². The summed E-state index contributed by atoms with van der Waals surface area (Å²) in [4.78, 5) is 15.4. The molecule has 1 aromatic heterocycles. The van der Waals surface area contributed by atoms with E-state index in [1.54, 1.807) is 6.92 Å². The van der Waals surface area contributed by atoms with E-state index >= 15 is 0 Å². The molecule has 0 aliphatic heterocycles. The lowest BCUT2D eigenvalue weighted by Gasteiger charge is -2.00. The second-order valence-electron chi connectivity index (χ2n) is 3.60. The monoisotopic (exact) mass is 267 g/mol. The molecular formula is C12H10ClNO2S. The molecule has 0 bridgehead atoms. The van der Waals surface area contributed by atoms with E-state index in [2.05, 4.69) is 4.98 Å². The van der Waals surface area contributed by atoms with E-state index in [1.165, 1.54) is 11.3 Å². The molecule has 5 heteroatoms. The predicted molar refractivity (Wildman–Crippen MR) is 68.1 cm³/mol. The van der Waals surface area contributed by atoms with Gasteiger partial charge in [0, 0.05) is 11.4 Å². The van der Waals surface area contributed by atoms with Crippen LogP contribution in [-0.2, 0) is 6.42 Å². The molecule has 1 aromatic carbocycles. The minimum Gasteiger partial charge on any atom is -0.477 e. The highest BCUT2D eigenvalue weighted by molar-refractivity contribution is 7.13. The van der Waals surface area contributed by atoms with Crippen molar-refractivity contribution in [3.05, 3.63) is 50.4 Å². The topological polar surface area (TPSA) is 50.2 Å². The molecule has 2 aromatic rings. The first kappa shape index (κ1) is 12.1. The second kappa shape index (κ2) is 4.85. The summed E-state index contributed by atoms with van der Waals surface area (Å²) in [6.07, 6.45) is 0.568. The van der Waals surface area contributed by atoms with E-state index in [9.17, 15) is 4.79 Å². The fourth-order valence-corrected chi connectivity index (χ4v) is 2.66. The van der Waals surface area contributed by atoms with Crippen LogP contribution in [0.1, 0.15) is 25.9 Å². The molecule has 0 spiro atoms. The van der Waals surface area contributed by atoms with Crippen molar-refractivity contribution < 1.29 is 9.90 Å². The second-order valence-corrected chi connectivity index (χ2v) is 5.09. The van der Waals surface area contributed by atoms with Crippen molar-refractivity contribution in [1.29, 1.82) is 0 Å². The molecule has 3 nitrogen and oxygen atoms in total. The van der Waals surface area contributed by atoms with E-state index < -0.39 is 5.97 Å². The normalized spacial score (nSPS) is 10.5. The molecule has 0 atom stereocenters. The van der Waals surface area contributed by atoms with Crippen LogP contribution < -0.4 is 0 Å². The summed E-state index contributed by atoms with van der Waals surface area (Å²) in [5.41, 5.74) is 1.52. The fourth-order valence-electron chi connectivity index (χ4n) is 1.53. The Hall–Kier alpha value is -1.39. The van der Waals surface area contributed by atoms with Gasteiger partial charge in [0.1, 0.15) is 4.88 Å². The summed E-state index contributed by atoms with van der Waals surface area (Å²) in [5.74, 6) is -0.926. The summed E-state index contributed by atoms with van der Waals surface area (Å²) in [5, 5.41) is 10.4. The minimum atomic E-state index is -0.926. The molecule has 2 rings (SSSR count). The molecule has 0 unspecified atom stereocenters. The third-order valence-corrected chi connectivity index (χ3v) is 3.85. The van der Waals surface area contributed by atoms with E-state index in [-0.39, 0.29) is 0 Å². The Morgan fingerprint density at radius 1 is 1.47 bits per heavy atom. The van der Waals surface area contributed by atoms with Crippen LogP contribution in [0.4, 0.5) is 0 Å². The van der Waals surface area contributed by atoms with Crippen LogP contribution >= 0.6 is 22.9 Å². The minimum absolute atomic E-state index is 0.298. The molecule has 1 heterocycles. The number of aromatic nitrogens is 1. The first-order valence-electron chi connectivity index (χ1n) is 5.01. The molecule has 0 fully saturated rings. The largest absolute Gasteiger partial charge is 0.477 e. The van der Waals surface area contributed by atoms with Crippen LogP contribution in [0.25, 0.3) is 0 Å². The number of thiazole rings is 1. The standard InChI is InChI=1S/C12H10ClNO2S/c1-7-11(12(15)16)17-10(14-7)6-8-4-2-3-5-9(8)13/h2-5H,6H2,1H3,(H,15,16). The van der Waals surface area contributed by atoms with Gasteiger partial charge in [-0.15, -0.1) is 11.3 Å². The van der Waals surface area contributed by atoms with E-state index in [4.69, 9.17) is 16.7 Å². The molecular weight excluding hydrogens is 258 g/mol. The van der Waals surface area contributed by atoms with Crippen LogP contribution in [0.3, 0.4) is 0 Å². The van der Waals surface area contributed by atoms with Gasteiger partial charge in [-0.25, -0.2) is 9.78 Å². The number of carbonyl (C=O) groups is 1. The highest BCUT2D eigenvalue weighted by Gasteiger charge is 2.14. The van der Waals surface area contributed by atoms with Crippen molar-refractivity contribution in [1.82, 2.24) is 4.98 Å². The zero-order valence-corrected chi connectivity index (χ0v) is 10.7. The molecule has 0 amide bonds. The molecule has 0 aliphatic rings. The van der Waals surface area contributed by atoms with Crippen LogP contribution in [0, 0.1) is 6.92 Å². The van der Waals surface area contributed by atoms with Crippen molar-refractivity contribution in [3.8, 4) is 0 Å². The number of carboxylic acid groups (broad SMARTS) is 1. The highest BCUT2D eigenvalue weighted by Crippen LogP contribution is 2.24. The van der Waals surface area contributed by atoms with Gasteiger partial charge in [0.2, 0.25) is 0 Å². The number of aromatic carboxylic acids is 1. The van der Waals surface area contributed by atoms with E-state index in [1.807, 2.05) is 24.3 Å². The first-order valence-corrected chi connectivity index (χ1v) is 6.20. The Morgan fingerprint density at radius 2 is 2.18 bits per heavy atom. The predicted octanol–water partition coefficient (Wildman–Crippen LogP) is 3.39. The van der Waals surface area contributed by atoms with Crippen LogP contribution in [0.15, 0.2) is 24.3 Å². The third-order valence-electron chi connectivity index (χ3n) is 2.33. The van der Waals surface area contributed by atoms with Crippen LogP contribution in [0.2, 0.25) is 5.02 Å². The summed E-state index contributed by atoms with van der Waals surface area (Å²) in [7, 11) is 0. The molecule has 0 aliphatic carbocycles. The van der Waals surface area contributed by atoms with Gasteiger partial charge in [0.15, 0.2) is 0 Å². The summed E-state index contributed by atoms with van der Waals surface area (Å²) in [6.45, 7) is 1.70. The maximum Gasteiger partial charge on any atom is 0.347 e. The summed E-state index contributed by atoms with van der Waals surface area (Å²) in [6, 6.07) is 7.50. The number of halogens is 1. The molecule has 0 radical (unpaired) electrons. The number of benzene rings is 1. The molecule has 17 heavy (non-hydrogen) atoms.